The molecule has 1 fully saturated rings. The van der Waals surface area contributed by atoms with Gasteiger partial charge in [-0.2, -0.15) is 5.26 Å². The van der Waals surface area contributed by atoms with Crippen LogP contribution in [0, 0.1) is 25.2 Å². The van der Waals surface area contributed by atoms with E-state index in [1.54, 1.807) is 4.90 Å². The van der Waals surface area contributed by atoms with Crippen molar-refractivity contribution in [1.82, 2.24) is 0 Å². The third-order valence-electron chi connectivity index (χ3n) is 2.86. The number of morpholine rings is 1. The Bertz CT molecular complexity index is 491. The Morgan fingerprint density at radius 2 is 2.24 bits per heavy atom. The summed E-state index contributed by atoms with van der Waals surface area (Å²) in [5.74, 6) is -0.0924. The topological polar surface area (TPSA) is 53.3 Å². The van der Waals surface area contributed by atoms with Gasteiger partial charge in [-0.3, -0.25) is 4.79 Å². The number of rotatable bonds is 1. The number of hydrogen-bond acceptors (Lipinski definition) is 3. The van der Waals surface area contributed by atoms with Crippen molar-refractivity contribution in [2.75, 3.05) is 18.1 Å². The second-order valence-electron chi connectivity index (χ2n) is 4.22. The molecular weight excluding hydrogens is 216 g/mol. The molecule has 4 heteroatoms. The minimum atomic E-state index is -0.535. The van der Waals surface area contributed by atoms with Crippen LogP contribution >= 0.6 is 0 Å². The van der Waals surface area contributed by atoms with Crippen LogP contribution in [-0.4, -0.2) is 25.2 Å². The molecular formula is C13H14N2O2. The summed E-state index contributed by atoms with van der Waals surface area (Å²) in [6, 6.07) is 7.99. The molecule has 1 unspecified atom stereocenters. The summed E-state index contributed by atoms with van der Waals surface area (Å²) >= 11 is 0. The Morgan fingerprint density at radius 1 is 1.47 bits per heavy atom. The van der Waals surface area contributed by atoms with Crippen LogP contribution in [0.25, 0.3) is 0 Å². The molecule has 1 aromatic rings. The van der Waals surface area contributed by atoms with Crippen molar-refractivity contribution in [2.45, 2.75) is 20.0 Å². The first-order chi connectivity index (χ1) is 8.11. The average Bonchev–Trinajstić information content (AvgIpc) is 2.33. The number of carbonyl (C=O) groups is 1. The molecule has 1 saturated heterocycles. The Balaban J connectivity index is 2.34. The zero-order chi connectivity index (χ0) is 12.4. The zero-order valence-corrected chi connectivity index (χ0v) is 9.93. The molecule has 88 valence electrons. The smallest absolute Gasteiger partial charge is 0.253 e. The average molecular weight is 230 g/mol. The highest BCUT2D eigenvalue weighted by atomic mass is 16.5. The van der Waals surface area contributed by atoms with Crippen molar-refractivity contribution < 1.29 is 9.53 Å². The van der Waals surface area contributed by atoms with Crippen molar-refractivity contribution in [3.8, 4) is 6.07 Å². The van der Waals surface area contributed by atoms with E-state index in [0.717, 1.165) is 16.8 Å². The van der Waals surface area contributed by atoms with E-state index in [1.807, 2.05) is 38.1 Å². The zero-order valence-electron chi connectivity index (χ0n) is 9.93. The first-order valence-electron chi connectivity index (χ1n) is 5.50. The molecule has 1 amide bonds. The molecule has 0 spiro atoms. The van der Waals surface area contributed by atoms with E-state index in [9.17, 15) is 4.79 Å². The SMILES string of the molecule is Cc1ccc(C)c(N2CC(C#N)OCC2=O)c1. The van der Waals surface area contributed by atoms with Gasteiger partial charge in [0.25, 0.3) is 5.91 Å². The number of amides is 1. The summed E-state index contributed by atoms with van der Waals surface area (Å²) in [4.78, 5) is 13.4. The highest BCUT2D eigenvalue weighted by molar-refractivity contribution is 5.95. The van der Waals surface area contributed by atoms with Crippen molar-refractivity contribution in [1.29, 1.82) is 5.26 Å². The fraction of sp³-hybridized carbons (Fsp3) is 0.385. The first kappa shape index (κ1) is 11.6. The maximum absolute atomic E-state index is 11.8. The van der Waals surface area contributed by atoms with Crippen LogP contribution in [0.15, 0.2) is 18.2 Å². The number of hydrogen-bond donors (Lipinski definition) is 0. The van der Waals surface area contributed by atoms with E-state index < -0.39 is 6.10 Å². The summed E-state index contributed by atoms with van der Waals surface area (Å²) in [5.41, 5.74) is 3.00. The van der Waals surface area contributed by atoms with E-state index in [4.69, 9.17) is 10.00 Å². The Morgan fingerprint density at radius 3 is 2.94 bits per heavy atom. The van der Waals surface area contributed by atoms with Gasteiger partial charge in [0, 0.05) is 5.69 Å². The second-order valence-corrected chi connectivity index (χ2v) is 4.22. The van der Waals surface area contributed by atoms with E-state index >= 15 is 0 Å². The van der Waals surface area contributed by atoms with Gasteiger partial charge in [-0.15, -0.1) is 0 Å². The molecule has 0 bridgehead atoms. The molecule has 0 saturated carbocycles. The van der Waals surface area contributed by atoms with E-state index in [1.165, 1.54) is 0 Å². The van der Waals surface area contributed by atoms with Crippen LogP contribution in [0.3, 0.4) is 0 Å². The summed E-state index contributed by atoms with van der Waals surface area (Å²) in [6.45, 7) is 4.22. The highest BCUT2D eigenvalue weighted by Gasteiger charge is 2.28. The van der Waals surface area contributed by atoms with Gasteiger partial charge in [0.2, 0.25) is 0 Å². The molecule has 4 nitrogen and oxygen atoms in total. The molecule has 0 radical (unpaired) electrons. The fourth-order valence-corrected chi connectivity index (χ4v) is 1.89. The standard InChI is InChI=1S/C13H14N2O2/c1-9-3-4-10(2)12(5-9)15-7-11(6-14)17-8-13(15)16/h3-5,11H,7-8H2,1-2H3. The second kappa shape index (κ2) is 4.56. The number of anilines is 1. The van der Waals surface area contributed by atoms with Gasteiger partial charge in [-0.25, -0.2) is 0 Å². The maximum atomic E-state index is 11.8. The molecule has 1 aliphatic rings. The predicted molar refractivity (Wildman–Crippen MR) is 63.6 cm³/mol. The number of nitriles is 1. The minimum Gasteiger partial charge on any atom is -0.352 e. The van der Waals surface area contributed by atoms with Crippen LogP contribution in [0.1, 0.15) is 11.1 Å². The van der Waals surface area contributed by atoms with Crippen molar-refractivity contribution >= 4 is 11.6 Å². The number of nitrogens with zero attached hydrogens (tertiary/aromatic N) is 2. The first-order valence-corrected chi connectivity index (χ1v) is 5.50. The third kappa shape index (κ3) is 2.29. The molecule has 1 aliphatic heterocycles. The lowest BCUT2D eigenvalue weighted by Gasteiger charge is -2.31. The number of aryl methyl sites for hydroxylation is 2. The van der Waals surface area contributed by atoms with Gasteiger partial charge in [-0.1, -0.05) is 12.1 Å². The van der Waals surface area contributed by atoms with E-state index in [2.05, 4.69) is 0 Å². The molecule has 17 heavy (non-hydrogen) atoms. The van der Waals surface area contributed by atoms with Crippen molar-refractivity contribution in [3.63, 3.8) is 0 Å². The van der Waals surface area contributed by atoms with Gasteiger partial charge in [-0.05, 0) is 31.0 Å². The maximum Gasteiger partial charge on any atom is 0.253 e. The molecule has 0 aliphatic carbocycles. The summed E-state index contributed by atoms with van der Waals surface area (Å²) in [6.07, 6.45) is -0.535. The van der Waals surface area contributed by atoms with Gasteiger partial charge >= 0.3 is 0 Å². The molecule has 2 rings (SSSR count). The summed E-state index contributed by atoms with van der Waals surface area (Å²) < 4.78 is 5.11. The van der Waals surface area contributed by atoms with Gasteiger partial charge < -0.3 is 9.64 Å². The van der Waals surface area contributed by atoms with Crippen LogP contribution in [0.4, 0.5) is 5.69 Å². The Kier molecular flexibility index (Phi) is 3.12. The molecule has 0 aromatic heterocycles. The minimum absolute atomic E-state index is 0.0222. The van der Waals surface area contributed by atoms with Crippen LogP contribution < -0.4 is 4.90 Å². The van der Waals surface area contributed by atoms with Crippen molar-refractivity contribution in [3.05, 3.63) is 29.3 Å². The Labute approximate surface area is 100 Å². The largest absolute Gasteiger partial charge is 0.352 e. The third-order valence-corrected chi connectivity index (χ3v) is 2.86. The van der Waals surface area contributed by atoms with E-state index in [0.29, 0.717) is 6.54 Å². The van der Waals surface area contributed by atoms with Gasteiger partial charge in [0.15, 0.2) is 6.10 Å². The predicted octanol–water partition coefficient (Wildman–Crippen LogP) is 1.56. The number of benzene rings is 1. The molecule has 0 N–H and O–H groups in total. The summed E-state index contributed by atoms with van der Waals surface area (Å²) in [5, 5.41) is 8.85. The van der Waals surface area contributed by atoms with Crippen molar-refractivity contribution in [2.24, 2.45) is 0 Å². The summed E-state index contributed by atoms with van der Waals surface area (Å²) in [7, 11) is 0. The monoisotopic (exact) mass is 230 g/mol. The lowest BCUT2D eigenvalue weighted by Crippen LogP contribution is -2.46. The highest BCUT2D eigenvalue weighted by Crippen LogP contribution is 2.24. The number of ether oxygens (including phenoxy) is 1. The lowest BCUT2D eigenvalue weighted by molar-refractivity contribution is -0.127. The Hall–Kier alpha value is -1.86. The molecule has 1 atom stereocenters. The quantitative estimate of drug-likeness (QED) is 0.735. The molecule has 1 aromatic carbocycles. The number of carbonyl (C=O) groups excluding carboxylic acids is 1. The van der Waals surface area contributed by atoms with Crippen LogP contribution in [0.2, 0.25) is 0 Å². The fourth-order valence-electron chi connectivity index (χ4n) is 1.89. The van der Waals surface area contributed by atoms with Crippen LogP contribution in [0.5, 0.6) is 0 Å². The lowest BCUT2D eigenvalue weighted by atomic mass is 10.1. The van der Waals surface area contributed by atoms with Gasteiger partial charge in [0.1, 0.15) is 6.61 Å². The van der Waals surface area contributed by atoms with Crippen LogP contribution in [-0.2, 0) is 9.53 Å². The van der Waals surface area contributed by atoms with E-state index in [-0.39, 0.29) is 12.5 Å². The van der Waals surface area contributed by atoms with Gasteiger partial charge in [0.05, 0.1) is 12.6 Å². The normalized spacial score (nSPS) is 20.2. The molecule has 1 heterocycles.